The van der Waals surface area contributed by atoms with Crippen LogP contribution >= 0.6 is 0 Å². The first kappa shape index (κ1) is 11.8. The summed E-state index contributed by atoms with van der Waals surface area (Å²) >= 11 is 0. The first-order valence-electron chi connectivity index (χ1n) is 4.18. The normalized spacial score (nSPS) is 14.0. The predicted molar refractivity (Wildman–Crippen MR) is 45.5 cm³/mol. The van der Waals surface area contributed by atoms with Crippen LogP contribution in [0.1, 0.15) is 34.6 Å². The minimum Gasteiger partial charge on any atom is -0.369 e. The lowest BCUT2D eigenvalue weighted by Crippen LogP contribution is -2.43. The highest BCUT2D eigenvalue weighted by Gasteiger charge is 2.43. The number of halogens is 2. The van der Waals surface area contributed by atoms with E-state index in [0.717, 1.165) is 6.92 Å². The molecule has 0 bridgehead atoms. The Bertz CT molecular complexity index is 136. The van der Waals surface area contributed by atoms with Crippen molar-refractivity contribution in [3.63, 3.8) is 0 Å². The first-order valence-corrected chi connectivity index (χ1v) is 4.18. The molecular formula is C9H18F2O. The van der Waals surface area contributed by atoms with Crippen LogP contribution in [0.5, 0.6) is 0 Å². The fraction of sp³-hybridized carbons (Fsp3) is 1.00. The standard InChI is InChI=1S/C9H18F2O/c1-7(2)6-12-8(3,4)9(5,10)11/h7H,6H2,1-5H3. The zero-order valence-electron chi connectivity index (χ0n) is 8.45. The second-order valence-electron chi connectivity index (χ2n) is 4.10. The summed E-state index contributed by atoms with van der Waals surface area (Å²) in [6.07, 6.45) is 0. The van der Waals surface area contributed by atoms with Crippen molar-refractivity contribution < 1.29 is 13.5 Å². The van der Waals surface area contributed by atoms with E-state index in [1.807, 2.05) is 13.8 Å². The molecule has 0 radical (unpaired) electrons. The van der Waals surface area contributed by atoms with E-state index in [9.17, 15) is 8.78 Å². The van der Waals surface area contributed by atoms with Gasteiger partial charge in [0.15, 0.2) is 0 Å². The molecule has 0 aromatic heterocycles. The van der Waals surface area contributed by atoms with Crippen molar-refractivity contribution in [2.75, 3.05) is 6.61 Å². The Morgan fingerprint density at radius 1 is 1.17 bits per heavy atom. The topological polar surface area (TPSA) is 9.23 Å². The molecule has 0 unspecified atom stereocenters. The molecule has 0 saturated heterocycles. The Kier molecular flexibility index (Phi) is 3.63. The molecule has 0 heterocycles. The van der Waals surface area contributed by atoms with Gasteiger partial charge in [0, 0.05) is 13.5 Å². The van der Waals surface area contributed by atoms with Gasteiger partial charge in [0.25, 0.3) is 5.92 Å². The summed E-state index contributed by atoms with van der Waals surface area (Å²) in [5.41, 5.74) is -1.36. The van der Waals surface area contributed by atoms with Crippen LogP contribution < -0.4 is 0 Å². The summed E-state index contributed by atoms with van der Waals surface area (Å²) in [5, 5.41) is 0. The minimum absolute atomic E-state index is 0.284. The van der Waals surface area contributed by atoms with Crippen molar-refractivity contribution in [1.82, 2.24) is 0 Å². The van der Waals surface area contributed by atoms with Gasteiger partial charge in [0.1, 0.15) is 5.60 Å². The van der Waals surface area contributed by atoms with E-state index in [2.05, 4.69) is 0 Å². The maximum Gasteiger partial charge on any atom is 0.273 e. The third-order valence-electron chi connectivity index (χ3n) is 1.83. The SMILES string of the molecule is CC(C)COC(C)(C)C(C)(F)F. The van der Waals surface area contributed by atoms with Gasteiger partial charge in [-0.15, -0.1) is 0 Å². The predicted octanol–water partition coefficient (Wildman–Crippen LogP) is 3.09. The largest absolute Gasteiger partial charge is 0.369 e. The third-order valence-corrected chi connectivity index (χ3v) is 1.83. The zero-order chi connectivity index (χ0) is 9.99. The second-order valence-corrected chi connectivity index (χ2v) is 4.10. The fourth-order valence-electron chi connectivity index (χ4n) is 0.502. The number of rotatable bonds is 4. The van der Waals surface area contributed by atoms with Gasteiger partial charge in [-0.3, -0.25) is 0 Å². The van der Waals surface area contributed by atoms with Crippen molar-refractivity contribution in [2.24, 2.45) is 5.92 Å². The zero-order valence-corrected chi connectivity index (χ0v) is 8.45. The molecule has 12 heavy (non-hydrogen) atoms. The Morgan fingerprint density at radius 3 is 1.83 bits per heavy atom. The molecule has 0 aromatic carbocycles. The molecule has 0 N–H and O–H groups in total. The summed E-state index contributed by atoms with van der Waals surface area (Å²) in [6.45, 7) is 7.95. The number of hydrogen-bond acceptors (Lipinski definition) is 1. The lowest BCUT2D eigenvalue weighted by Gasteiger charge is -2.32. The molecule has 0 amide bonds. The number of hydrogen-bond donors (Lipinski definition) is 0. The molecule has 0 aliphatic heterocycles. The molecule has 0 spiro atoms. The summed E-state index contributed by atoms with van der Waals surface area (Å²) < 4.78 is 30.8. The molecule has 3 heteroatoms. The van der Waals surface area contributed by atoms with E-state index in [1.54, 1.807) is 0 Å². The van der Waals surface area contributed by atoms with Crippen molar-refractivity contribution in [2.45, 2.75) is 46.1 Å². The molecule has 0 aliphatic rings. The smallest absolute Gasteiger partial charge is 0.273 e. The summed E-state index contributed by atoms with van der Waals surface area (Å²) in [4.78, 5) is 0. The van der Waals surface area contributed by atoms with E-state index in [4.69, 9.17) is 4.74 Å². The maximum atomic E-state index is 12.8. The van der Waals surface area contributed by atoms with Crippen LogP contribution in [0.4, 0.5) is 8.78 Å². The monoisotopic (exact) mass is 180 g/mol. The van der Waals surface area contributed by atoms with Gasteiger partial charge in [-0.2, -0.15) is 0 Å². The van der Waals surface area contributed by atoms with Crippen LogP contribution in [0.25, 0.3) is 0 Å². The highest BCUT2D eigenvalue weighted by molar-refractivity contribution is 4.82. The Balaban J connectivity index is 4.05. The number of ether oxygens (including phenoxy) is 1. The van der Waals surface area contributed by atoms with Gasteiger partial charge in [-0.1, -0.05) is 13.8 Å². The molecule has 0 aromatic rings. The van der Waals surface area contributed by atoms with Crippen LogP contribution in [0.3, 0.4) is 0 Å². The molecule has 0 rings (SSSR count). The van der Waals surface area contributed by atoms with Gasteiger partial charge in [0.05, 0.1) is 0 Å². The van der Waals surface area contributed by atoms with Crippen LogP contribution in [0.2, 0.25) is 0 Å². The average molecular weight is 180 g/mol. The van der Waals surface area contributed by atoms with Crippen molar-refractivity contribution in [3.05, 3.63) is 0 Å². The summed E-state index contributed by atoms with van der Waals surface area (Å²) in [5.74, 6) is -2.51. The molecule has 0 aliphatic carbocycles. The second kappa shape index (κ2) is 3.69. The molecule has 1 nitrogen and oxygen atoms in total. The van der Waals surface area contributed by atoms with Crippen molar-refractivity contribution >= 4 is 0 Å². The Morgan fingerprint density at radius 2 is 1.58 bits per heavy atom. The fourth-order valence-corrected chi connectivity index (χ4v) is 0.502. The molecule has 0 fully saturated rings. The summed E-state index contributed by atoms with van der Waals surface area (Å²) in [7, 11) is 0. The highest BCUT2D eigenvalue weighted by Crippen LogP contribution is 2.31. The van der Waals surface area contributed by atoms with Crippen molar-refractivity contribution in [1.29, 1.82) is 0 Å². The molecule has 74 valence electrons. The van der Waals surface area contributed by atoms with E-state index in [0.29, 0.717) is 6.61 Å². The van der Waals surface area contributed by atoms with Crippen molar-refractivity contribution in [3.8, 4) is 0 Å². The average Bonchev–Trinajstić information content (AvgIpc) is 1.81. The highest BCUT2D eigenvalue weighted by atomic mass is 19.3. The van der Waals surface area contributed by atoms with E-state index >= 15 is 0 Å². The molecule has 0 atom stereocenters. The van der Waals surface area contributed by atoms with Crippen LogP contribution in [0, 0.1) is 5.92 Å². The van der Waals surface area contributed by atoms with E-state index in [1.165, 1.54) is 13.8 Å². The van der Waals surface area contributed by atoms with Gasteiger partial charge < -0.3 is 4.74 Å². The van der Waals surface area contributed by atoms with Crippen LogP contribution in [0.15, 0.2) is 0 Å². The molecule has 0 saturated carbocycles. The van der Waals surface area contributed by atoms with Gasteiger partial charge in [0.2, 0.25) is 0 Å². The summed E-state index contributed by atoms with van der Waals surface area (Å²) in [6, 6.07) is 0. The Hall–Kier alpha value is -0.180. The van der Waals surface area contributed by atoms with Gasteiger partial charge in [-0.05, 0) is 19.8 Å². The third kappa shape index (κ3) is 3.48. The lowest BCUT2D eigenvalue weighted by atomic mass is 10.0. The van der Waals surface area contributed by atoms with Gasteiger partial charge in [-0.25, -0.2) is 8.78 Å². The van der Waals surface area contributed by atoms with Crippen LogP contribution in [-0.2, 0) is 4.74 Å². The minimum atomic E-state index is -2.79. The van der Waals surface area contributed by atoms with E-state index < -0.39 is 11.5 Å². The molecular weight excluding hydrogens is 162 g/mol. The quantitative estimate of drug-likeness (QED) is 0.646. The van der Waals surface area contributed by atoms with E-state index in [-0.39, 0.29) is 5.92 Å². The Labute approximate surface area is 73.1 Å². The first-order chi connectivity index (χ1) is 5.17. The van der Waals surface area contributed by atoms with Crippen LogP contribution in [-0.4, -0.2) is 18.1 Å². The lowest BCUT2D eigenvalue weighted by molar-refractivity contribution is -0.184. The maximum absolute atomic E-state index is 12.8. The van der Waals surface area contributed by atoms with Gasteiger partial charge >= 0.3 is 0 Å². The number of alkyl halides is 2.